The van der Waals surface area contributed by atoms with Crippen molar-refractivity contribution in [3.63, 3.8) is 0 Å². The zero-order valence-corrected chi connectivity index (χ0v) is 11.3. The molecule has 2 atom stereocenters. The minimum absolute atomic E-state index is 0.834. The highest BCUT2D eigenvalue weighted by Gasteiger charge is 2.34. The van der Waals surface area contributed by atoms with E-state index >= 15 is 0 Å². The van der Waals surface area contributed by atoms with Crippen molar-refractivity contribution < 1.29 is 0 Å². The van der Waals surface area contributed by atoms with Crippen LogP contribution in [0.2, 0.25) is 0 Å². The highest BCUT2D eigenvalue weighted by atomic mass is 32.2. The average Bonchev–Trinajstić information content (AvgIpc) is 2.39. The molecule has 0 amide bonds. The van der Waals surface area contributed by atoms with E-state index in [4.69, 9.17) is 0 Å². The Morgan fingerprint density at radius 3 is 2.94 bits per heavy atom. The van der Waals surface area contributed by atoms with Crippen molar-refractivity contribution in [3.8, 4) is 0 Å². The van der Waals surface area contributed by atoms with Gasteiger partial charge < -0.3 is 9.62 Å². The van der Waals surface area contributed by atoms with E-state index < -0.39 is 0 Å². The molecule has 0 spiro atoms. The summed E-state index contributed by atoms with van der Waals surface area (Å²) in [5.74, 6) is 2.36. The monoisotopic (exact) mass is 256 g/mol. The molecular formula is C12H20N2S2. The zero-order valence-electron chi connectivity index (χ0n) is 9.65. The molecule has 1 saturated carbocycles. The summed E-state index contributed by atoms with van der Waals surface area (Å²) in [5, 5.41) is 3.47. The van der Waals surface area contributed by atoms with Crippen LogP contribution in [0.15, 0.2) is 11.2 Å². The summed E-state index contributed by atoms with van der Waals surface area (Å²) in [5.41, 5.74) is 0. The van der Waals surface area contributed by atoms with Crippen molar-refractivity contribution in [1.82, 2.24) is 9.62 Å². The molecule has 16 heavy (non-hydrogen) atoms. The average molecular weight is 256 g/mol. The van der Waals surface area contributed by atoms with E-state index in [2.05, 4.69) is 15.0 Å². The number of likely N-dealkylation sites (tertiary alicyclic amines) is 1. The third-order valence-corrected chi connectivity index (χ3v) is 5.81. The lowest BCUT2D eigenvalue weighted by Crippen LogP contribution is -2.48. The lowest BCUT2D eigenvalue weighted by molar-refractivity contribution is 0.0874. The van der Waals surface area contributed by atoms with Crippen molar-refractivity contribution in [1.29, 1.82) is 0 Å². The summed E-state index contributed by atoms with van der Waals surface area (Å²) in [7, 11) is 0. The molecule has 2 nitrogen and oxygen atoms in total. The largest absolute Gasteiger partial charge is 0.354 e. The zero-order chi connectivity index (χ0) is 10.8. The minimum Gasteiger partial charge on any atom is -0.354 e. The Hall–Kier alpha value is 0.0400. The second kappa shape index (κ2) is 5.13. The van der Waals surface area contributed by atoms with E-state index in [0.717, 1.165) is 17.0 Å². The Morgan fingerprint density at radius 2 is 2.06 bits per heavy atom. The molecule has 2 aliphatic heterocycles. The van der Waals surface area contributed by atoms with E-state index in [1.54, 1.807) is 0 Å². The Bertz CT molecular complexity index is 278. The minimum atomic E-state index is 0.834. The number of rotatable bonds is 1. The predicted octanol–water partition coefficient (Wildman–Crippen LogP) is 3.38. The number of hydrogen-bond acceptors (Lipinski definition) is 4. The van der Waals surface area contributed by atoms with Gasteiger partial charge in [0.15, 0.2) is 0 Å². The van der Waals surface area contributed by atoms with Crippen LogP contribution in [0.1, 0.15) is 38.5 Å². The molecule has 0 aromatic carbocycles. The van der Waals surface area contributed by atoms with E-state index in [0.29, 0.717) is 0 Å². The van der Waals surface area contributed by atoms with Gasteiger partial charge in [-0.25, -0.2) is 0 Å². The maximum Gasteiger partial charge on any atom is 0.118 e. The highest BCUT2D eigenvalue weighted by molar-refractivity contribution is 8.17. The van der Waals surface area contributed by atoms with E-state index in [1.807, 2.05) is 23.7 Å². The Kier molecular flexibility index (Phi) is 3.57. The molecular weight excluding hydrogens is 236 g/mol. The fourth-order valence-corrected chi connectivity index (χ4v) is 4.86. The van der Waals surface area contributed by atoms with E-state index in [1.165, 1.54) is 50.9 Å². The molecule has 2 heterocycles. The number of fused-ring (bicyclic) bond motifs is 1. The molecule has 2 fully saturated rings. The maximum absolute atomic E-state index is 3.50. The molecule has 0 radical (unpaired) electrons. The third-order valence-electron chi connectivity index (χ3n) is 4.05. The van der Waals surface area contributed by atoms with Crippen LogP contribution in [-0.2, 0) is 0 Å². The van der Waals surface area contributed by atoms with Crippen LogP contribution in [0, 0.1) is 5.92 Å². The highest BCUT2D eigenvalue weighted by Crippen LogP contribution is 2.38. The van der Waals surface area contributed by atoms with Gasteiger partial charge in [-0.05, 0) is 43.5 Å². The summed E-state index contributed by atoms with van der Waals surface area (Å²) in [4.78, 5) is 2.66. The van der Waals surface area contributed by atoms with Gasteiger partial charge in [-0.2, -0.15) is 0 Å². The predicted molar refractivity (Wildman–Crippen MR) is 73.0 cm³/mol. The van der Waals surface area contributed by atoms with Crippen LogP contribution in [0.3, 0.4) is 0 Å². The SMILES string of the molecule is C1=C(N2CCCC3CCCCC32)NSCS1. The first kappa shape index (κ1) is 11.1. The molecule has 3 aliphatic rings. The molecule has 0 bridgehead atoms. The van der Waals surface area contributed by atoms with Gasteiger partial charge in [0.05, 0.1) is 5.08 Å². The molecule has 0 aromatic heterocycles. The van der Waals surface area contributed by atoms with Crippen molar-refractivity contribution in [3.05, 3.63) is 11.2 Å². The Morgan fingerprint density at radius 1 is 1.19 bits per heavy atom. The van der Waals surface area contributed by atoms with Crippen molar-refractivity contribution in [2.45, 2.75) is 44.6 Å². The number of nitrogens with zero attached hydrogens (tertiary/aromatic N) is 1. The van der Waals surface area contributed by atoms with E-state index in [9.17, 15) is 0 Å². The fraction of sp³-hybridized carbons (Fsp3) is 0.833. The number of nitrogens with one attached hydrogen (secondary N) is 1. The first-order chi connectivity index (χ1) is 7.95. The maximum atomic E-state index is 3.50. The molecule has 1 aliphatic carbocycles. The van der Waals surface area contributed by atoms with Crippen LogP contribution in [-0.4, -0.2) is 22.6 Å². The molecule has 3 rings (SSSR count). The summed E-state index contributed by atoms with van der Waals surface area (Å²) in [6.07, 6.45) is 8.63. The molecule has 2 unspecified atom stereocenters. The van der Waals surface area contributed by atoms with Gasteiger partial charge in [-0.15, -0.1) is 11.8 Å². The van der Waals surface area contributed by atoms with Crippen molar-refractivity contribution in [2.24, 2.45) is 5.92 Å². The molecule has 90 valence electrons. The number of piperidine rings is 1. The van der Waals surface area contributed by atoms with Crippen molar-refractivity contribution >= 4 is 23.7 Å². The summed E-state index contributed by atoms with van der Waals surface area (Å²) in [6.45, 7) is 1.26. The van der Waals surface area contributed by atoms with Crippen LogP contribution < -0.4 is 4.72 Å². The van der Waals surface area contributed by atoms with Crippen molar-refractivity contribution in [2.75, 3.05) is 11.6 Å². The normalized spacial score (nSPS) is 35.0. The topological polar surface area (TPSA) is 15.3 Å². The summed E-state index contributed by atoms with van der Waals surface area (Å²) >= 11 is 3.77. The Balaban J connectivity index is 1.74. The molecule has 0 aromatic rings. The molecule has 4 heteroatoms. The van der Waals surface area contributed by atoms with Gasteiger partial charge in [0, 0.05) is 18.0 Å². The van der Waals surface area contributed by atoms with Gasteiger partial charge in [0.2, 0.25) is 0 Å². The van der Waals surface area contributed by atoms with Gasteiger partial charge in [-0.1, -0.05) is 12.8 Å². The van der Waals surface area contributed by atoms with E-state index in [-0.39, 0.29) is 0 Å². The third kappa shape index (κ3) is 2.19. The van der Waals surface area contributed by atoms with Crippen LogP contribution in [0.25, 0.3) is 0 Å². The first-order valence-electron chi connectivity index (χ1n) is 6.41. The van der Waals surface area contributed by atoms with Gasteiger partial charge in [0.1, 0.15) is 5.82 Å². The Labute approximate surface area is 107 Å². The number of hydrogen-bond donors (Lipinski definition) is 1. The van der Waals surface area contributed by atoms with Crippen LogP contribution in [0.5, 0.6) is 0 Å². The van der Waals surface area contributed by atoms with Gasteiger partial charge >= 0.3 is 0 Å². The smallest absolute Gasteiger partial charge is 0.118 e. The molecule has 1 saturated heterocycles. The lowest BCUT2D eigenvalue weighted by Gasteiger charge is -2.46. The second-order valence-corrected chi connectivity index (χ2v) is 6.99. The van der Waals surface area contributed by atoms with Crippen LogP contribution >= 0.6 is 23.7 Å². The fourth-order valence-electron chi connectivity index (χ4n) is 3.32. The first-order valence-corrected chi connectivity index (χ1v) is 8.45. The van der Waals surface area contributed by atoms with Crippen LogP contribution in [0.4, 0.5) is 0 Å². The summed E-state index contributed by atoms with van der Waals surface area (Å²) < 4.78 is 3.50. The van der Waals surface area contributed by atoms with Gasteiger partial charge in [0.25, 0.3) is 0 Å². The molecule has 1 N–H and O–H groups in total. The summed E-state index contributed by atoms with van der Waals surface area (Å²) in [6, 6.07) is 0.834. The standard InChI is InChI=1S/C12H20N2S2/c1-2-6-11-10(4-1)5-3-7-14(11)12-8-15-9-16-13-12/h8,10-11,13H,1-7,9H2. The quantitative estimate of drug-likeness (QED) is 0.723. The van der Waals surface area contributed by atoms with Gasteiger partial charge in [-0.3, -0.25) is 0 Å². The second-order valence-electron chi connectivity index (χ2n) is 4.98. The number of thioether (sulfide) groups is 1. The lowest BCUT2D eigenvalue weighted by atomic mass is 9.78.